The molecule has 5 heteroatoms. The van der Waals surface area contributed by atoms with E-state index in [0.717, 1.165) is 64.2 Å². The van der Waals surface area contributed by atoms with Crippen LogP contribution in [0.2, 0.25) is 0 Å². The summed E-state index contributed by atoms with van der Waals surface area (Å²) in [6.07, 6.45) is 17.1. The maximum Gasteiger partial charge on any atom is 0.306 e. The number of carboxylic acids is 1. The first-order chi connectivity index (χ1) is 14.6. The Hall–Kier alpha value is -0.650. The van der Waals surface area contributed by atoms with E-state index in [4.69, 9.17) is 14.2 Å². The van der Waals surface area contributed by atoms with E-state index >= 15 is 0 Å². The highest BCUT2D eigenvalue weighted by atomic mass is 16.5. The molecule has 0 aromatic heterocycles. The van der Waals surface area contributed by atoms with Crippen molar-refractivity contribution >= 4 is 5.97 Å². The van der Waals surface area contributed by atoms with Crippen molar-refractivity contribution in [3.05, 3.63) is 0 Å². The van der Waals surface area contributed by atoms with Crippen LogP contribution >= 0.6 is 0 Å². The van der Waals surface area contributed by atoms with Crippen LogP contribution in [-0.4, -0.2) is 50.7 Å². The van der Waals surface area contributed by atoms with Crippen LogP contribution in [0, 0.1) is 11.8 Å². The van der Waals surface area contributed by atoms with E-state index in [2.05, 4.69) is 6.92 Å². The molecule has 0 heterocycles. The van der Waals surface area contributed by atoms with Crippen LogP contribution in [0.1, 0.15) is 103 Å². The van der Waals surface area contributed by atoms with E-state index in [1.807, 2.05) is 0 Å². The number of unbranched alkanes of at least 4 members (excludes halogenated alkanes) is 7. The molecule has 1 aliphatic carbocycles. The lowest BCUT2D eigenvalue weighted by molar-refractivity contribution is -0.142. The summed E-state index contributed by atoms with van der Waals surface area (Å²) in [5.41, 5.74) is 0. The molecule has 1 aliphatic rings. The maximum absolute atomic E-state index is 11.3. The molecule has 4 unspecified atom stereocenters. The second-order valence-corrected chi connectivity index (χ2v) is 9.12. The summed E-state index contributed by atoms with van der Waals surface area (Å²) in [6.45, 7) is 2.24. The van der Waals surface area contributed by atoms with Crippen molar-refractivity contribution in [2.75, 3.05) is 21.3 Å². The number of hydrogen-bond acceptors (Lipinski definition) is 4. The molecule has 178 valence electrons. The molecule has 0 aromatic carbocycles. The molecule has 5 nitrogen and oxygen atoms in total. The van der Waals surface area contributed by atoms with Gasteiger partial charge in [-0.25, -0.2) is 0 Å². The third-order valence-electron chi connectivity index (χ3n) is 6.74. The van der Waals surface area contributed by atoms with Gasteiger partial charge in [-0.3, -0.25) is 4.79 Å². The van der Waals surface area contributed by atoms with E-state index in [1.165, 1.54) is 32.1 Å². The fourth-order valence-corrected chi connectivity index (χ4v) is 4.54. The van der Waals surface area contributed by atoms with Crippen molar-refractivity contribution in [2.24, 2.45) is 11.8 Å². The van der Waals surface area contributed by atoms with Gasteiger partial charge in [-0.1, -0.05) is 64.7 Å². The zero-order chi connectivity index (χ0) is 22.2. The molecule has 1 fully saturated rings. The van der Waals surface area contributed by atoms with Crippen molar-refractivity contribution in [1.29, 1.82) is 0 Å². The van der Waals surface area contributed by atoms with Gasteiger partial charge in [-0.15, -0.1) is 0 Å². The number of ether oxygens (including phenoxy) is 3. The molecule has 4 atom stereocenters. The van der Waals surface area contributed by atoms with Crippen molar-refractivity contribution < 1.29 is 24.1 Å². The molecule has 30 heavy (non-hydrogen) atoms. The van der Waals surface area contributed by atoms with E-state index in [9.17, 15) is 9.90 Å². The Morgan fingerprint density at radius 3 is 1.87 bits per heavy atom. The van der Waals surface area contributed by atoms with Gasteiger partial charge >= 0.3 is 5.97 Å². The SMILES string of the molecule is CCCCCCCC(CC(OC)C(CCCCCCC(C(=O)O)C1CC1)OC)OC. The smallest absolute Gasteiger partial charge is 0.306 e. The van der Waals surface area contributed by atoms with Gasteiger partial charge in [0.2, 0.25) is 0 Å². The van der Waals surface area contributed by atoms with Crippen LogP contribution in [-0.2, 0) is 19.0 Å². The average Bonchev–Trinajstić information content (AvgIpc) is 3.57. The Labute approximate surface area is 185 Å². The summed E-state index contributed by atoms with van der Waals surface area (Å²) in [5, 5.41) is 9.32. The lowest BCUT2D eigenvalue weighted by atomic mass is 9.95. The number of carboxylic acid groups (broad SMARTS) is 1. The van der Waals surface area contributed by atoms with Gasteiger partial charge in [0.15, 0.2) is 0 Å². The third-order valence-corrected chi connectivity index (χ3v) is 6.74. The maximum atomic E-state index is 11.3. The molecular weight excluding hydrogens is 380 g/mol. The Bertz CT molecular complexity index is 424. The molecule has 1 rings (SSSR count). The first-order valence-corrected chi connectivity index (χ1v) is 12.4. The van der Waals surface area contributed by atoms with Crippen LogP contribution in [0.3, 0.4) is 0 Å². The summed E-state index contributed by atoms with van der Waals surface area (Å²) in [7, 11) is 5.35. The minimum atomic E-state index is -0.599. The highest BCUT2D eigenvalue weighted by Gasteiger charge is 2.35. The van der Waals surface area contributed by atoms with Crippen LogP contribution in [0.5, 0.6) is 0 Å². The first-order valence-electron chi connectivity index (χ1n) is 12.4. The summed E-state index contributed by atoms with van der Waals surface area (Å²) < 4.78 is 17.3. The van der Waals surface area contributed by atoms with Gasteiger partial charge in [-0.05, 0) is 38.0 Å². The van der Waals surface area contributed by atoms with E-state index in [-0.39, 0.29) is 24.2 Å². The Balaban J connectivity index is 2.24. The molecule has 1 saturated carbocycles. The van der Waals surface area contributed by atoms with Gasteiger partial charge in [-0.2, -0.15) is 0 Å². The number of aliphatic carboxylic acids is 1. The van der Waals surface area contributed by atoms with Crippen molar-refractivity contribution in [3.8, 4) is 0 Å². The highest BCUT2D eigenvalue weighted by Crippen LogP contribution is 2.39. The van der Waals surface area contributed by atoms with Gasteiger partial charge in [0.05, 0.1) is 24.2 Å². The molecule has 0 radical (unpaired) electrons. The summed E-state index contributed by atoms with van der Waals surface area (Å²) in [4.78, 5) is 11.3. The zero-order valence-electron chi connectivity index (χ0n) is 20.1. The Morgan fingerprint density at radius 2 is 1.37 bits per heavy atom. The molecule has 0 aliphatic heterocycles. The van der Waals surface area contributed by atoms with Crippen LogP contribution in [0.4, 0.5) is 0 Å². The minimum absolute atomic E-state index is 0.0573. The molecule has 0 aromatic rings. The molecule has 0 amide bonds. The zero-order valence-corrected chi connectivity index (χ0v) is 20.1. The molecule has 0 saturated heterocycles. The summed E-state index contributed by atoms with van der Waals surface area (Å²) >= 11 is 0. The summed E-state index contributed by atoms with van der Waals surface area (Å²) in [5.74, 6) is -0.260. The molecular formula is C25H48O5. The largest absolute Gasteiger partial charge is 0.481 e. The monoisotopic (exact) mass is 428 g/mol. The average molecular weight is 429 g/mol. The topological polar surface area (TPSA) is 65.0 Å². The van der Waals surface area contributed by atoms with Crippen LogP contribution in [0.25, 0.3) is 0 Å². The number of hydrogen-bond donors (Lipinski definition) is 1. The minimum Gasteiger partial charge on any atom is -0.481 e. The fraction of sp³-hybridized carbons (Fsp3) is 0.960. The number of rotatable bonds is 21. The molecule has 0 bridgehead atoms. The van der Waals surface area contributed by atoms with Crippen molar-refractivity contribution in [1.82, 2.24) is 0 Å². The van der Waals surface area contributed by atoms with E-state index in [1.54, 1.807) is 21.3 Å². The van der Waals surface area contributed by atoms with Gasteiger partial charge in [0.25, 0.3) is 0 Å². The quantitative estimate of drug-likeness (QED) is 0.219. The second-order valence-electron chi connectivity index (χ2n) is 9.12. The first kappa shape index (κ1) is 27.4. The summed E-state index contributed by atoms with van der Waals surface area (Å²) in [6, 6.07) is 0. The predicted octanol–water partition coefficient (Wildman–Crippen LogP) is 6.23. The third kappa shape index (κ3) is 11.7. The normalized spacial score (nSPS) is 18.1. The highest BCUT2D eigenvalue weighted by molar-refractivity contribution is 5.70. The van der Waals surface area contributed by atoms with Crippen molar-refractivity contribution in [3.63, 3.8) is 0 Å². The van der Waals surface area contributed by atoms with Gasteiger partial charge < -0.3 is 19.3 Å². The standard InChI is InChI=1S/C25H48O5/c1-5-6-7-8-11-14-21(28-2)19-24(30-4)23(29-3)16-13-10-9-12-15-22(25(26)27)20-17-18-20/h20-24H,5-19H2,1-4H3,(H,26,27). The Morgan fingerprint density at radius 1 is 0.800 bits per heavy atom. The second kappa shape index (κ2) is 17.0. The lowest BCUT2D eigenvalue weighted by Gasteiger charge is -2.28. The van der Waals surface area contributed by atoms with Crippen LogP contribution < -0.4 is 0 Å². The number of methoxy groups -OCH3 is 3. The Kier molecular flexibility index (Phi) is 15.5. The lowest BCUT2D eigenvalue weighted by Crippen LogP contribution is -2.34. The van der Waals surface area contributed by atoms with Gasteiger partial charge in [0, 0.05) is 27.8 Å². The van der Waals surface area contributed by atoms with E-state index in [0.29, 0.717) is 5.92 Å². The van der Waals surface area contributed by atoms with Crippen molar-refractivity contribution in [2.45, 2.75) is 122 Å². The van der Waals surface area contributed by atoms with E-state index < -0.39 is 5.97 Å². The molecule has 1 N–H and O–H groups in total. The number of carbonyl (C=O) groups is 1. The fourth-order valence-electron chi connectivity index (χ4n) is 4.54. The molecule has 0 spiro atoms. The predicted molar refractivity (Wildman–Crippen MR) is 122 cm³/mol. The van der Waals surface area contributed by atoms with Gasteiger partial charge in [0.1, 0.15) is 0 Å². The van der Waals surface area contributed by atoms with Crippen LogP contribution in [0.15, 0.2) is 0 Å².